The first-order chi connectivity index (χ1) is 25.4. The fourth-order valence-corrected chi connectivity index (χ4v) is 8.26. The van der Waals surface area contributed by atoms with Crippen molar-refractivity contribution in [1.29, 1.82) is 0 Å². The first kappa shape index (κ1) is 39.9. The van der Waals surface area contributed by atoms with E-state index in [1.54, 1.807) is 18.4 Å². The Morgan fingerprint density at radius 2 is 1.74 bits per heavy atom. The lowest BCUT2D eigenvalue weighted by atomic mass is 10.1. The van der Waals surface area contributed by atoms with Gasteiger partial charge in [-0.05, 0) is 18.1 Å². The van der Waals surface area contributed by atoms with Gasteiger partial charge < -0.3 is 28.8 Å². The molecule has 1 amide bonds. The average Bonchev–Trinajstić information content (AvgIpc) is 3.86. The quantitative estimate of drug-likeness (QED) is 0.114. The lowest BCUT2D eigenvalue weighted by molar-refractivity contribution is -0.118. The molecule has 4 aromatic heterocycles. The third-order valence-corrected chi connectivity index (χ3v) is 15.4. The van der Waals surface area contributed by atoms with Crippen LogP contribution in [0.1, 0.15) is 47.1 Å². The second kappa shape index (κ2) is 15.0. The number of anilines is 1. The molecule has 0 spiro atoms. The summed E-state index contributed by atoms with van der Waals surface area (Å²) in [6, 6.07) is 0. The fourth-order valence-electron chi connectivity index (χ4n) is 6.01. The summed E-state index contributed by atoms with van der Waals surface area (Å²) < 4.78 is 63.0. The van der Waals surface area contributed by atoms with E-state index in [4.69, 9.17) is 22.8 Å². The molecule has 0 aliphatic carbocycles. The zero-order chi connectivity index (χ0) is 39.3. The Morgan fingerprint density at radius 1 is 1.06 bits per heavy atom. The zero-order valence-corrected chi connectivity index (χ0v) is 32.8. The minimum Gasteiger partial charge on any atom is -0.406 e. The molecule has 0 saturated carbocycles. The van der Waals surface area contributed by atoms with Crippen LogP contribution >= 0.6 is 0 Å². The summed E-state index contributed by atoms with van der Waals surface area (Å²) in [6.45, 7) is 12.4. The molecule has 1 unspecified atom stereocenters. The van der Waals surface area contributed by atoms with Gasteiger partial charge in [0.25, 0.3) is 5.56 Å². The Hall–Kier alpha value is -3.78. The van der Waals surface area contributed by atoms with E-state index in [-0.39, 0.29) is 28.1 Å². The predicted octanol–water partition coefficient (Wildman–Crippen LogP) is 0.327. The molecule has 2 saturated heterocycles. The number of imidazole rings is 2. The van der Waals surface area contributed by atoms with Crippen molar-refractivity contribution in [1.82, 2.24) is 43.8 Å². The second-order valence-corrected chi connectivity index (χ2v) is 21.1. The number of amides is 1. The fraction of sp³-hybridized carbons (Fsp3) is 0.645. The number of nitrogens with one attached hydrogen (secondary N) is 3. The maximum Gasteiger partial charge on any atom is 0.336 e. The Kier molecular flexibility index (Phi) is 11.1. The van der Waals surface area contributed by atoms with Crippen LogP contribution in [0.5, 0.6) is 0 Å². The standard InChI is InChI=1S/C31H46N10O11SSi/c1-15(2)26(44)38-30-37-25-19(27(45)39-30)35-14-41(25)28-20(43)21(48-6)17(49-28)10-36-53(46,47)51-22-18(11-42)50-29(23(22)52-54(7,8)31(3,4)5)40-13-34-16-9-32-12-33-24(16)40/h9,12-15,17-18,20-23,28-29,36,42-43H,10-11H2,1-8H3,(H2,37,38,39,44,45)/t17-,18-,20-,21-,22-,23?,28-,29-/m1/s1. The minimum atomic E-state index is -4.63. The summed E-state index contributed by atoms with van der Waals surface area (Å²) in [5.41, 5.74) is 0.162. The van der Waals surface area contributed by atoms with Gasteiger partial charge in [-0.1, -0.05) is 34.6 Å². The van der Waals surface area contributed by atoms with E-state index >= 15 is 0 Å². The van der Waals surface area contributed by atoms with Crippen molar-refractivity contribution >= 4 is 52.8 Å². The van der Waals surface area contributed by atoms with E-state index in [9.17, 15) is 28.2 Å². The maximum atomic E-state index is 13.7. The molecule has 54 heavy (non-hydrogen) atoms. The predicted molar refractivity (Wildman–Crippen MR) is 193 cm³/mol. The number of aromatic nitrogens is 8. The minimum absolute atomic E-state index is 0.00277. The number of fused-ring (bicyclic) bond motifs is 2. The molecule has 296 valence electrons. The van der Waals surface area contributed by atoms with E-state index in [2.05, 4.69) is 39.9 Å². The molecular formula is C31H46N10O11SSi. The number of nitrogens with zero attached hydrogens (tertiary/aromatic N) is 7. The third-order valence-electron chi connectivity index (χ3n) is 9.97. The Bertz CT molecular complexity index is 2150. The molecule has 2 fully saturated rings. The monoisotopic (exact) mass is 794 g/mol. The number of rotatable bonds is 13. The summed E-state index contributed by atoms with van der Waals surface area (Å²) in [7, 11) is -5.94. The highest BCUT2D eigenvalue weighted by Crippen LogP contribution is 2.43. The number of carbonyl (C=O) groups is 1. The van der Waals surface area contributed by atoms with Crippen molar-refractivity contribution in [2.75, 3.05) is 25.6 Å². The van der Waals surface area contributed by atoms with E-state index in [1.165, 1.54) is 36.9 Å². The SMILES string of the molecule is CO[C@H]1[C@@H](O)[C@H](n2cnc3c(=O)[nH]c(NC(=O)C(C)C)nc32)O[C@@H]1CNS(=O)(=O)O[C@H]1C(O[Si](C)(C)C(C)(C)C)[C@H](n2cnc3cncnc32)O[C@@H]1CO. The van der Waals surface area contributed by atoms with Gasteiger partial charge in [-0.15, -0.1) is 0 Å². The molecular weight excluding hydrogens is 749 g/mol. The molecule has 2 aliphatic heterocycles. The molecule has 6 heterocycles. The molecule has 21 nitrogen and oxygen atoms in total. The smallest absolute Gasteiger partial charge is 0.336 e. The van der Waals surface area contributed by atoms with Gasteiger partial charge in [-0.3, -0.25) is 29.0 Å². The van der Waals surface area contributed by atoms with Gasteiger partial charge in [0.2, 0.25) is 11.9 Å². The highest BCUT2D eigenvalue weighted by atomic mass is 32.2. The number of H-pyrrole nitrogens is 1. The van der Waals surface area contributed by atoms with Gasteiger partial charge >= 0.3 is 10.3 Å². The highest BCUT2D eigenvalue weighted by Gasteiger charge is 2.53. The summed E-state index contributed by atoms with van der Waals surface area (Å²) in [4.78, 5) is 48.6. The molecule has 6 rings (SSSR count). The Morgan fingerprint density at radius 3 is 2.41 bits per heavy atom. The summed E-state index contributed by atoms with van der Waals surface area (Å²) in [5, 5.41) is 23.9. The van der Waals surface area contributed by atoms with Gasteiger partial charge in [0.05, 0.1) is 25.5 Å². The molecule has 0 aromatic carbocycles. The molecule has 23 heteroatoms. The first-order valence-corrected chi connectivity index (χ1v) is 21.6. The van der Waals surface area contributed by atoms with Crippen LogP contribution in [0.2, 0.25) is 18.1 Å². The maximum absolute atomic E-state index is 13.7. The lowest BCUT2D eigenvalue weighted by Gasteiger charge is -2.40. The Balaban J connectivity index is 1.23. The van der Waals surface area contributed by atoms with Gasteiger partial charge in [0, 0.05) is 19.6 Å². The number of aliphatic hydroxyl groups is 2. The normalized spacial score (nSPS) is 26.7. The number of aliphatic hydroxyl groups excluding tert-OH is 2. The topological polar surface area (TPSA) is 269 Å². The number of aromatic amines is 1. The number of carbonyl (C=O) groups excluding carboxylic acids is 1. The van der Waals surface area contributed by atoms with Crippen LogP contribution in [0.25, 0.3) is 22.3 Å². The van der Waals surface area contributed by atoms with Gasteiger partial charge in [0.15, 0.2) is 37.6 Å². The van der Waals surface area contributed by atoms with Crippen LogP contribution in [-0.4, -0.2) is 129 Å². The van der Waals surface area contributed by atoms with Crippen LogP contribution in [0.4, 0.5) is 5.95 Å². The highest BCUT2D eigenvalue weighted by molar-refractivity contribution is 7.84. The molecule has 4 aromatic rings. The summed E-state index contributed by atoms with van der Waals surface area (Å²) >= 11 is 0. The molecule has 0 radical (unpaired) electrons. The number of methoxy groups -OCH3 is 1. The number of hydrogen-bond donors (Lipinski definition) is 5. The number of hydrogen-bond acceptors (Lipinski definition) is 16. The summed E-state index contributed by atoms with van der Waals surface area (Å²) in [5.74, 6) is -0.913. The van der Waals surface area contributed by atoms with Crippen molar-refractivity contribution < 1.29 is 46.2 Å². The van der Waals surface area contributed by atoms with Crippen molar-refractivity contribution in [3.8, 4) is 0 Å². The van der Waals surface area contributed by atoms with Crippen molar-refractivity contribution in [2.24, 2.45) is 5.92 Å². The van der Waals surface area contributed by atoms with E-state index in [0.717, 1.165) is 0 Å². The van der Waals surface area contributed by atoms with Gasteiger partial charge in [-0.2, -0.15) is 18.1 Å². The van der Waals surface area contributed by atoms with Crippen molar-refractivity contribution in [3.63, 3.8) is 0 Å². The van der Waals surface area contributed by atoms with Crippen molar-refractivity contribution in [2.45, 2.75) is 102 Å². The van der Waals surface area contributed by atoms with Crippen LogP contribution in [0, 0.1) is 5.92 Å². The Labute approximate surface area is 311 Å². The van der Waals surface area contributed by atoms with Crippen LogP contribution in [0.3, 0.4) is 0 Å². The van der Waals surface area contributed by atoms with E-state index in [1.807, 2.05) is 33.9 Å². The van der Waals surface area contributed by atoms with Crippen LogP contribution in [-0.2, 0) is 37.9 Å². The van der Waals surface area contributed by atoms with E-state index < -0.39 is 92.3 Å². The first-order valence-electron chi connectivity index (χ1n) is 17.2. The average molecular weight is 795 g/mol. The van der Waals surface area contributed by atoms with Gasteiger partial charge in [0.1, 0.15) is 48.5 Å². The van der Waals surface area contributed by atoms with Crippen molar-refractivity contribution in [3.05, 3.63) is 35.5 Å². The lowest BCUT2D eigenvalue weighted by Crippen LogP contribution is -2.51. The number of ether oxygens (including phenoxy) is 3. The molecule has 2 aliphatic rings. The molecule has 5 N–H and O–H groups in total. The largest absolute Gasteiger partial charge is 0.406 e. The van der Waals surface area contributed by atoms with Gasteiger partial charge in [-0.25, -0.2) is 24.1 Å². The third kappa shape index (κ3) is 7.69. The summed E-state index contributed by atoms with van der Waals surface area (Å²) in [6.07, 6.45) is -3.62. The second-order valence-electron chi connectivity index (χ2n) is 15.0. The molecule has 0 bridgehead atoms. The zero-order valence-electron chi connectivity index (χ0n) is 31.0. The molecule has 8 atom stereocenters. The van der Waals surface area contributed by atoms with E-state index in [0.29, 0.717) is 11.2 Å². The van der Waals surface area contributed by atoms with Crippen LogP contribution < -0.4 is 15.6 Å². The van der Waals surface area contributed by atoms with Crippen LogP contribution in [0.15, 0.2) is 30.0 Å².